The second-order valence-electron chi connectivity index (χ2n) is 5.02. The topological polar surface area (TPSA) is 15.3 Å². The molecule has 17 heavy (non-hydrogen) atoms. The van der Waals surface area contributed by atoms with Crippen LogP contribution in [0.1, 0.15) is 39.0 Å². The van der Waals surface area contributed by atoms with Crippen molar-refractivity contribution in [1.29, 1.82) is 0 Å². The Morgan fingerprint density at radius 3 is 2.65 bits per heavy atom. The predicted molar refractivity (Wildman–Crippen MR) is 63.0 cm³/mol. The van der Waals surface area contributed by atoms with E-state index in [2.05, 4.69) is 10.2 Å². The molecular formula is C12H23F3N2. The zero-order valence-electron chi connectivity index (χ0n) is 10.7. The molecule has 0 aromatic rings. The molecule has 5 heteroatoms. The minimum Gasteiger partial charge on any atom is -0.315 e. The van der Waals surface area contributed by atoms with E-state index in [0.717, 1.165) is 25.9 Å². The molecule has 2 nitrogen and oxygen atoms in total. The van der Waals surface area contributed by atoms with Gasteiger partial charge in [0.1, 0.15) is 0 Å². The van der Waals surface area contributed by atoms with E-state index < -0.39 is 12.6 Å². The van der Waals surface area contributed by atoms with Gasteiger partial charge in [-0.3, -0.25) is 4.90 Å². The van der Waals surface area contributed by atoms with Gasteiger partial charge in [0, 0.05) is 25.0 Å². The van der Waals surface area contributed by atoms with Crippen molar-refractivity contribution < 1.29 is 13.2 Å². The molecule has 0 amide bonds. The van der Waals surface area contributed by atoms with Crippen LogP contribution in [0.15, 0.2) is 0 Å². The van der Waals surface area contributed by atoms with Gasteiger partial charge in [-0.15, -0.1) is 0 Å². The van der Waals surface area contributed by atoms with E-state index in [1.165, 1.54) is 0 Å². The van der Waals surface area contributed by atoms with Gasteiger partial charge >= 0.3 is 6.18 Å². The van der Waals surface area contributed by atoms with Crippen molar-refractivity contribution in [2.45, 2.75) is 57.3 Å². The molecule has 0 saturated carbocycles. The second kappa shape index (κ2) is 6.59. The molecule has 1 aliphatic heterocycles. The zero-order chi connectivity index (χ0) is 12.9. The first kappa shape index (κ1) is 14.8. The van der Waals surface area contributed by atoms with Gasteiger partial charge in [-0.25, -0.2) is 0 Å². The minimum atomic E-state index is -4.01. The Bertz CT molecular complexity index is 212. The number of alkyl halides is 3. The Balaban J connectivity index is 2.23. The van der Waals surface area contributed by atoms with Crippen molar-refractivity contribution in [2.75, 3.05) is 20.1 Å². The fraction of sp³-hybridized carbons (Fsp3) is 1.00. The number of piperidine rings is 1. The highest BCUT2D eigenvalue weighted by molar-refractivity contribution is 4.79. The molecule has 1 fully saturated rings. The lowest BCUT2D eigenvalue weighted by atomic mass is 10.0. The van der Waals surface area contributed by atoms with Crippen LogP contribution in [0.4, 0.5) is 13.2 Å². The third-order valence-corrected chi connectivity index (χ3v) is 3.62. The van der Waals surface area contributed by atoms with E-state index in [1.54, 1.807) is 0 Å². The van der Waals surface area contributed by atoms with Crippen LogP contribution < -0.4 is 5.32 Å². The summed E-state index contributed by atoms with van der Waals surface area (Å²) in [7, 11) is 2.02. The molecule has 1 heterocycles. The minimum absolute atomic E-state index is 0.224. The maximum Gasteiger partial charge on any atom is 0.389 e. The van der Waals surface area contributed by atoms with Crippen LogP contribution in [0.5, 0.6) is 0 Å². The molecule has 1 aliphatic rings. The molecule has 2 atom stereocenters. The first-order valence-corrected chi connectivity index (χ1v) is 6.39. The van der Waals surface area contributed by atoms with Gasteiger partial charge < -0.3 is 5.32 Å². The van der Waals surface area contributed by atoms with E-state index in [9.17, 15) is 13.2 Å². The smallest absolute Gasteiger partial charge is 0.315 e. The molecule has 0 aromatic carbocycles. The van der Waals surface area contributed by atoms with E-state index in [1.807, 2.05) is 14.0 Å². The summed E-state index contributed by atoms with van der Waals surface area (Å²) in [4.78, 5) is 2.22. The molecule has 1 rings (SSSR count). The Morgan fingerprint density at radius 2 is 2.12 bits per heavy atom. The quantitative estimate of drug-likeness (QED) is 0.809. The number of halogens is 3. The molecule has 2 unspecified atom stereocenters. The lowest BCUT2D eigenvalue weighted by molar-refractivity contribution is -0.136. The van der Waals surface area contributed by atoms with Crippen molar-refractivity contribution in [3.05, 3.63) is 0 Å². The summed E-state index contributed by atoms with van der Waals surface area (Å²) in [6.07, 6.45) is -1.52. The highest BCUT2D eigenvalue weighted by atomic mass is 19.4. The maximum atomic E-state index is 12.0. The van der Waals surface area contributed by atoms with Crippen LogP contribution in [-0.2, 0) is 0 Å². The van der Waals surface area contributed by atoms with Gasteiger partial charge in [0.25, 0.3) is 0 Å². The SMILES string of the molecule is CC(CCCC(F)(F)F)N(C)C1CCCNC1. The fourth-order valence-corrected chi connectivity index (χ4v) is 2.34. The van der Waals surface area contributed by atoms with Crippen molar-refractivity contribution >= 4 is 0 Å². The summed E-state index contributed by atoms with van der Waals surface area (Å²) >= 11 is 0. The van der Waals surface area contributed by atoms with E-state index in [0.29, 0.717) is 12.5 Å². The van der Waals surface area contributed by atoms with E-state index >= 15 is 0 Å². The molecule has 102 valence electrons. The van der Waals surface area contributed by atoms with Gasteiger partial charge in [-0.05, 0) is 46.2 Å². The second-order valence-corrected chi connectivity index (χ2v) is 5.02. The van der Waals surface area contributed by atoms with Gasteiger partial charge in [0.05, 0.1) is 0 Å². The first-order valence-electron chi connectivity index (χ1n) is 6.39. The normalized spacial score (nSPS) is 24.0. The molecule has 1 saturated heterocycles. The molecule has 0 bridgehead atoms. The van der Waals surface area contributed by atoms with Gasteiger partial charge in [0.2, 0.25) is 0 Å². The number of rotatable bonds is 5. The summed E-state index contributed by atoms with van der Waals surface area (Å²) in [5, 5.41) is 3.33. The van der Waals surface area contributed by atoms with Crippen LogP contribution >= 0.6 is 0 Å². The van der Waals surface area contributed by atoms with Gasteiger partial charge in [-0.1, -0.05) is 0 Å². The van der Waals surface area contributed by atoms with Crippen molar-refractivity contribution in [1.82, 2.24) is 10.2 Å². The lowest BCUT2D eigenvalue weighted by Crippen LogP contribution is -2.47. The standard InChI is InChI=1S/C12H23F3N2/c1-10(5-3-7-12(13,14)15)17(2)11-6-4-8-16-9-11/h10-11,16H,3-9H2,1-2H3. The Kier molecular flexibility index (Phi) is 5.73. The molecule has 0 aromatic heterocycles. The summed E-state index contributed by atoms with van der Waals surface area (Å²) in [6.45, 7) is 4.04. The monoisotopic (exact) mass is 252 g/mol. The molecule has 1 N–H and O–H groups in total. The predicted octanol–water partition coefficient (Wildman–Crippen LogP) is 2.79. The molecule has 0 spiro atoms. The average Bonchev–Trinajstić information content (AvgIpc) is 2.27. The number of nitrogens with zero attached hydrogens (tertiary/aromatic N) is 1. The Hall–Kier alpha value is -0.290. The number of nitrogens with one attached hydrogen (secondary N) is 1. The lowest BCUT2D eigenvalue weighted by Gasteiger charge is -2.36. The first-order chi connectivity index (χ1) is 7.90. The van der Waals surface area contributed by atoms with Crippen molar-refractivity contribution in [3.63, 3.8) is 0 Å². The van der Waals surface area contributed by atoms with Gasteiger partial charge in [0.15, 0.2) is 0 Å². The van der Waals surface area contributed by atoms with Crippen LogP contribution in [0.25, 0.3) is 0 Å². The molecule has 0 radical (unpaired) electrons. The largest absolute Gasteiger partial charge is 0.389 e. The maximum absolute atomic E-state index is 12.0. The fourth-order valence-electron chi connectivity index (χ4n) is 2.34. The summed E-state index contributed by atoms with van der Waals surface area (Å²) in [6, 6.07) is 0.701. The van der Waals surface area contributed by atoms with Crippen LogP contribution in [0.3, 0.4) is 0 Å². The number of hydrogen-bond acceptors (Lipinski definition) is 2. The third-order valence-electron chi connectivity index (χ3n) is 3.62. The van der Waals surface area contributed by atoms with Crippen LogP contribution in [0, 0.1) is 0 Å². The zero-order valence-corrected chi connectivity index (χ0v) is 10.7. The summed E-state index contributed by atoms with van der Waals surface area (Å²) in [5.74, 6) is 0. The van der Waals surface area contributed by atoms with E-state index in [-0.39, 0.29) is 12.5 Å². The molecular weight excluding hydrogens is 229 g/mol. The molecule has 0 aliphatic carbocycles. The van der Waals surface area contributed by atoms with Crippen LogP contribution in [-0.4, -0.2) is 43.3 Å². The third kappa shape index (κ3) is 5.73. The number of hydrogen-bond donors (Lipinski definition) is 1. The highest BCUT2D eigenvalue weighted by Gasteiger charge is 2.27. The Morgan fingerprint density at radius 1 is 1.41 bits per heavy atom. The highest BCUT2D eigenvalue weighted by Crippen LogP contribution is 2.24. The summed E-state index contributed by atoms with van der Waals surface area (Å²) < 4.78 is 36.1. The Labute approximate surface area is 102 Å². The van der Waals surface area contributed by atoms with E-state index in [4.69, 9.17) is 0 Å². The van der Waals surface area contributed by atoms with Gasteiger partial charge in [-0.2, -0.15) is 13.2 Å². The van der Waals surface area contributed by atoms with Crippen molar-refractivity contribution in [2.24, 2.45) is 0 Å². The van der Waals surface area contributed by atoms with Crippen molar-refractivity contribution in [3.8, 4) is 0 Å². The number of likely N-dealkylation sites (N-methyl/N-ethyl adjacent to an activating group) is 1. The van der Waals surface area contributed by atoms with Crippen LogP contribution in [0.2, 0.25) is 0 Å². The summed E-state index contributed by atoms with van der Waals surface area (Å²) in [5.41, 5.74) is 0. The average molecular weight is 252 g/mol.